The van der Waals surface area contributed by atoms with Gasteiger partial charge in [0.25, 0.3) is 5.91 Å². The van der Waals surface area contributed by atoms with Crippen molar-refractivity contribution in [3.8, 4) is 6.07 Å². The van der Waals surface area contributed by atoms with Crippen LogP contribution in [0.5, 0.6) is 0 Å². The maximum Gasteiger partial charge on any atom is 0.254 e. The highest BCUT2D eigenvalue weighted by Crippen LogP contribution is 2.60. The summed E-state index contributed by atoms with van der Waals surface area (Å²) in [6, 6.07) is 2.16. The van der Waals surface area contributed by atoms with E-state index in [1.54, 1.807) is 13.3 Å². The number of amides is 1. The summed E-state index contributed by atoms with van der Waals surface area (Å²) in [5.41, 5.74) is -0.218. The van der Waals surface area contributed by atoms with Crippen molar-refractivity contribution in [3.63, 3.8) is 0 Å². The van der Waals surface area contributed by atoms with Crippen LogP contribution in [0.1, 0.15) is 43.4 Å². The fourth-order valence-corrected chi connectivity index (χ4v) is 6.26. The third kappa shape index (κ3) is 2.74. The van der Waals surface area contributed by atoms with Crippen LogP contribution in [0.15, 0.2) is 11.2 Å². The number of nitriles is 1. The van der Waals surface area contributed by atoms with E-state index in [1.165, 1.54) is 30.6 Å². The summed E-state index contributed by atoms with van der Waals surface area (Å²) in [6.07, 6.45) is 8.80. The minimum atomic E-state index is -0.218. The predicted octanol–water partition coefficient (Wildman–Crippen LogP) is 2.71. The number of ether oxygens (including phenoxy) is 1. The molecule has 0 saturated heterocycles. The highest BCUT2D eigenvalue weighted by atomic mass is 32.1. The maximum absolute atomic E-state index is 13.1. The van der Waals surface area contributed by atoms with Gasteiger partial charge in [0.15, 0.2) is 4.80 Å². The number of nitrogens with zero attached hydrogens (tertiary/aromatic N) is 3. The van der Waals surface area contributed by atoms with Gasteiger partial charge in [0.05, 0.1) is 12.0 Å². The Morgan fingerprint density at radius 3 is 2.54 bits per heavy atom. The van der Waals surface area contributed by atoms with Crippen LogP contribution in [0, 0.1) is 34.5 Å². The summed E-state index contributed by atoms with van der Waals surface area (Å²) < 4.78 is 7.00. The van der Waals surface area contributed by atoms with Crippen LogP contribution in [0.2, 0.25) is 0 Å². The van der Waals surface area contributed by atoms with Gasteiger partial charge in [-0.3, -0.25) is 4.79 Å². The van der Waals surface area contributed by atoms with Crippen molar-refractivity contribution < 1.29 is 9.53 Å². The fraction of sp³-hybridized carbons (Fsp3) is 0.722. The van der Waals surface area contributed by atoms with Crippen molar-refractivity contribution in [3.05, 3.63) is 15.9 Å². The lowest BCUT2D eigenvalue weighted by atomic mass is 9.49. The van der Waals surface area contributed by atoms with Crippen LogP contribution in [-0.4, -0.2) is 24.2 Å². The standard InChI is InChI=1S/C18H23N3O2S/c1-23-3-2-21-11-15(10-19)24-17(21)20-16(22)18-7-12-4-13(8-18)6-14(5-12)9-18/h11-14H,2-9H2,1H3/b20-17-. The van der Waals surface area contributed by atoms with Gasteiger partial charge in [-0.15, -0.1) is 0 Å². The van der Waals surface area contributed by atoms with Crippen LogP contribution in [0.25, 0.3) is 0 Å². The largest absolute Gasteiger partial charge is 0.383 e. The summed E-state index contributed by atoms with van der Waals surface area (Å²) in [6.45, 7) is 1.15. The van der Waals surface area contributed by atoms with Gasteiger partial charge in [0.2, 0.25) is 0 Å². The van der Waals surface area contributed by atoms with E-state index >= 15 is 0 Å². The Balaban J connectivity index is 1.65. The molecule has 1 amide bonds. The first kappa shape index (κ1) is 16.0. The van der Waals surface area contributed by atoms with Gasteiger partial charge in [-0.2, -0.15) is 10.3 Å². The molecule has 0 atom stereocenters. The van der Waals surface area contributed by atoms with E-state index in [1.807, 2.05) is 4.57 Å². The monoisotopic (exact) mass is 345 g/mol. The van der Waals surface area contributed by atoms with Gasteiger partial charge in [-0.25, -0.2) is 0 Å². The first-order valence-corrected chi connectivity index (χ1v) is 9.62. The van der Waals surface area contributed by atoms with E-state index in [4.69, 9.17) is 10.00 Å². The average molecular weight is 345 g/mol. The Hall–Kier alpha value is -1.45. The van der Waals surface area contributed by atoms with Gasteiger partial charge in [-0.05, 0) is 56.3 Å². The second-order valence-electron chi connectivity index (χ2n) is 7.79. The highest BCUT2D eigenvalue weighted by Gasteiger charge is 2.54. The molecule has 0 aliphatic heterocycles. The van der Waals surface area contributed by atoms with E-state index in [2.05, 4.69) is 11.1 Å². The molecular weight excluding hydrogens is 322 g/mol. The van der Waals surface area contributed by atoms with Crippen molar-refractivity contribution in [1.29, 1.82) is 5.26 Å². The number of hydrogen-bond donors (Lipinski definition) is 0. The molecule has 0 radical (unpaired) electrons. The van der Waals surface area contributed by atoms with E-state index in [0.29, 0.717) is 22.8 Å². The summed E-state index contributed by atoms with van der Waals surface area (Å²) in [5.74, 6) is 2.25. The van der Waals surface area contributed by atoms with E-state index in [-0.39, 0.29) is 11.3 Å². The molecule has 5 nitrogen and oxygen atoms in total. The number of methoxy groups -OCH3 is 1. The lowest BCUT2D eigenvalue weighted by molar-refractivity contribution is -0.142. The van der Waals surface area contributed by atoms with E-state index in [0.717, 1.165) is 37.0 Å². The Bertz CT molecular complexity index is 720. The smallest absolute Gasteiger partial charge is 0.254 e. The zero-order chi connectivity index (χ0) is 16.7. The zero-order valence-electron chi connectivity index (χ0n) is 14.0. The first-order valence-electron chi connectivity index (χ1n) is 8.80. The summed E-state index contributed by atoms with van der Waals surface area (Å²) in [7, 11) is 1.65. The van der Waals surface area contributed by atoms with Crippen LogP contribution in [0.4, 0.5) is 0 Å². The van der Waals surface area contributed by atoms with E-state index < -0.39 is 0 Å². The topological polar surface area (TPSA) is 67.4 Å². The molecule has 6 heteroatoms. The second kappa shape index (κ2) is 6.12. The fourth-order valence-electron chi connectivity index (χ4n) is 5.45. The van der Waals surface area contributed by atoms with Gasteiger partial charge in [0.1, 0.15) is 10.9 Å². The number of carbonyl (C=O) groups is 1. The third-order valence-corrected chi connectivity index (χ3v) is 6.98. The summed E-state index contributed by atoms with van der Waals surface area (Å²) >= 11 is 1.30. The van der Waals surface area contributed by atoms with Crippen molar-refractivity contribution in [1.82, 2.24) is 4.57 Å². The predicted molar refractivity (Wildman–Crippen MR) is 90.1 cm³/mol. The van der Waals surface area contributed by atoms with Crippen LogP contribution >= 0.6 is 11.3 Å². The SMILES string of the molecule is COCCn1cc(C#N)s/c1=N\C(=O)C12CC3CC(CC(C3)C1)C2. The normalized spacial score (nSPS) is 34.5. The third-order valence-electron chi connectivity index (χ3n) is 6.06. The molecule has 24 heavy (non-hydrogen) atoms. The van der Waals surface area contributed by atoms with Gasteiger partial charge >= 0.3 is 0 Å². The Morgan fingerprint density at radius 2 is 2.00 bits per heavy atom. The van der Waals surface area contributed by atoms with Crippen molar-refractivity contribution in [2.45, 2.75) is 45.1 Å². The zero-order valence-corrected chi connectivity index (χ0v) is 14.8. The molecule has 4 aliphatic rings. The number of hydrogen-bond acceptors (Lipinski definition) is 4. The molecule has 0 spiro atoms. The summed E-state index contributed by atoms with van der Waals surface area (Å²) in [4.78, 5) is 18.8. The van der Waals surface area contributed by atoms with Crippen molar-refractivity contribution in [2.75, 3.05) is 13.7 Å². The highest BCUT2D eigenvalue weighted by molar-refractivity contribution is 7.09. The first-order chi connectivity index (χ1) is 11.6. The summed E-state index contributed by atoms with van der Waals surface area (Å²) in [5, 5.41) is 9.15. The molecule has 0 aromatic carbocycles. The second-order valence-corrected chi connectivity index (χ2v) is 8.80. The van der Waals surface area contributed by atoms with Gasteiger partial charge in [-0.1, -0.05) is 11.3 Å². The minimum Gasteiger partial charge on any atom is -0.383 e. The van der Waals surface area contributed by atoms with Gasteiger partial charge in [0, 0.05) is 19.9 Å². The Morgan fingerprint density at radius 1 is 1.38 bits per heavy atom. The molecule has 4 bridgehead atoms. The molecule has 4 fully saturated rings. The van der Waals surface area contributed by atoms with Crippen LogP contribution in [-0.2, 0) is 16.1 Å². The quantitative estimate of drug-likeness (QED) is 0.842. The Labute approximate surface area is 146 Å². The van der Waals surface area contributed by atoms with Gasteiger partial charge < -0.3 is 9.30 Å². The molecule has 4 saturated carbocycles. The number of aromatic nitrogens is 1. The molecule has 1 aromatic rings. The van der Waals surface area contributed by atoms with Crippen molar-refractivity contribution >= 4 is 17.2 Å². The molecule has 1 aromatic heterocycles. The molecule has 0 N–H and O–H groups in total. The number of carbonyl (C=O) groups excluding carboxylic acids is 1. The lowest BCUT2D eigenvalue weighted by Crippen LogP contribution is -2.50. The maximum atomic E-state index is 13.1. The molecular formula is C18H23N3O2S. The van der Waals surface area contributed by atoms with E-state index in [9.17, 15) is 4.79 Å². The van der Waals surface area contributed by atoms with Crippen LogP contribution < -0.4 is 4.80 Å². The molecule has 128 valence electrons. The molecule has 1 heterocycles. The number of rotatable bonds is 4. The number of thiazole rings is 1. The lowest BCUT2D eigenvalue weighted by Gasteiger charge is -2.55. The average Bonchev–Trinajstić information content (AvgIpc) is 2.93. The molecule has 0 unspecified atom stereocenters. The Kier molecular flexibility index (Phi) is 4.09. The molecule has 5 rings (SSSR count). The molecule has 4 aliphatic carbocycles. The minimum absolute atomic E-state index is 0.0547. The van der Waals surface area contributed by atoms with Crippen molar-refractivity contribution in [2.24, 2.45) is 28.2 Å². The van der Waals surface area contributed by atoms with Crippen LogP contribution in [0.3, 0.4) is 0 Å².